The molecule has 5 nitrogen and oxygen atoms in total. The molecule has 5 heteroatoms. The fourth-order valence-electron chi connectivity index (χ4n) is 2.41. The van der Waals surface area contributed by atoms with Crippen molar-refractivity contribution in [3.05, 3.63) is 0 Å². The molecule has 0 aromatic rings. The lowest BCUT2D eigenvalue weighted by Gasteiger charge is -2.27. The van der Waals surface area contributed by atoms with Crippen molar-refractivity contribution in [2.24, 2.45) is 11.7 Å². The monoisotopic (exact) mass is 271 g/mol. The van der Waals surface area contributed by atoms with E-state index in [2.05, 4.69) is 11.9 Å². The normalized spacial score (nSPS) is 19.7. The predicted octanol–water partition coefficient (Wildman–Crippen LogP) is 0.542. The van der Waals surface area contributed by atoms with Gasteiger partial charge in [-0.2, -0.15) is 0 Å². The van der Waals surface area contributed by atoms with Crippen LogP contribution in [0.1, 0.15) is 25.7 Å². The second kappa shape index (κ2) is 9.28. The molecule has 0 aromatic heterocycles. The lowest BCUT2D eigenvalue weighted by Crippen LogP contribution is -2.35. The average Bonchev–Trinajstić information content (AvgIpc) is 2.43. The van der Waals surface area contributed by atoms with E-state index in [1.54, 1.807) is 4.90 Å². The summed E-state index contributed by atoms with van der Waals surface area (Å²) < 4.78 is 5.48. The molecule has 0 saturated carbocycles. The predicted molar refractivity (Wildman–Crippen MR) is 77.0 cm³/mol. The van der Waals surface area contributed by atoms with E-state index >= 15 is 0 Å². The van der Waals surface area contributed by atoms with Crippen LogP contribution in [0.25, 0.3) is 0 Å². The quantitative estimate of drug-likeness (QED) is 0.700. The van der Waals surface area contributed by atoms with Gasteiger partial charge in [-0.3, -0.25) is 4.79 Å². The van der Waals surface area contributed by atoms with Gasteiger partial charge in [0.1, 0.15) is 0 Å². The molecule has 1 saturated heterocycles. The molecule has 1 heterocycles. The SMILES string of the molecule is CN(CCC(=O)N(C)CCCN)CC1CCCOC1. The molecule has 1 fully saturated rings. The van der Waals surface area contributed by atoms with Gasteiger partial charge in [-0.15, -0.1) is 0 Å². The maximum atomic E-state index is 11.9. The van der Waals surface area contributed by atoms with Crippen LogP contribution >= 0.6 is 0 Å². The molecule has 2 N–H and O–H groups in total. The Hall–Kier alpha value is -0.650. The number of hydrogen-bond acceptors (Lipinski definition) is 4. The topological polar surface area (TPSA) is 58.8 Å². The number of nitrogens with two attached hydrogens (primary N) is 1. The van der Waals surface area contributed by atoms with Crippen LogP contribution in [-0.2, 0) is 9.53 Å². The third kappa shape index (κ3) is 6.89. The van der Waals surface area contributed by atoms with Gasteiger partial charge >= 0.3 is 0 Å². The number of carbonyl (C=O) groups is 1. The minimum absolute atomic E-state index is 0.209. The maximum absolute atomic E-state index is 11.9. The van der Waals surface area contributed by atoms with Crippen LogP contribution < -0.4 is 5.73 Å². The van der Waals surface area contributed by atoms with Gasteiger partial charge in [-0.25, -0.2) is 0 Å². The zero-order chi connectivity index (χ0) is 14.1. The van der Waals surface area contributed by atoms with E-state index in [1.807, 2.05) is 7.05 Å². The van der Waals surface area contributed by atoms with Gasteiger partial charge in [0.15, 0.2) is 0 Å². The molecule has 0 aliphatic carbocycles. The highest BCUT2D eigenvalue weighted by Crippen LogP contribution is 2.14. The number of ether oxygens (including phenoxy) is 1. The molecule has 1 amide bonds. The van der Waals surface area contributed by atoms with Gasteiger partial charge in [0, 0.05) is 39.7 Å². The van der Waals surface area contributed by atoms with Gasteiger partial charge in [0.05, 0.1) is 6.61 Å². The van der Waals surface area contributed by atoms with Crippen molar-refractivity contribution in [2.45, 2.75) is 25.7 Å². The highest BCUT2D eigenvalue weighted by atomic mass is 16.5. The summed E-state index contributed by atoms with van der Waals surface area (Å²) in [4.78, 5) is 15.9. The van der Waals surface area contributed by atoms with Crippen LogP contribution in [0.2, 0.25) is 0 Å². The molecule has 1 aliphatic heterocycles. The Bertz CT molecular complexity index is 255. The molecule has 1 rings (SSSR count). The molecule has 0 radical (unpaired) electrons. The van der Waals surface area contributed by atoms with Crippen molar-refractivity contribution in [2.75, 3.05) is 53.5 Å². The summed E-state index contributed by atoms with van der Waals surface area (Å²) in [5.74, 6) is 0.837. The van der Waals surface area contributed by atoms with Gasteiger partial charge in [-0.05, 0) is 38.8 Å². The largest absolute Gasteiger partial charge is 0.381 e. The van der Waals surface area contributed by atoms with Gasteiger partial charge in [0.25, 0.3) is 0 Å². The molecule has 0 bridgehead atoms. The highest BCUT2D eigenvalue weighted by molar-refractivity contribution is 5.76. The van der Waals surface area contributed by atoms with Crippen LogP contribution in [0, 0.1) is 5.92 Å². The highest BCUT2D eigenvalue weighted by Gasteiger charge is 2.16. The molecule has 112 valence electrons. The van der Waals surface area contributed by atoms with Crippen LogP contribution in [0.15, 0.2) is 0 Å². The van der Waals surface area contributed by atoms with Crippen molar-refractivity contribution < 1.29 is 9.53 Å². The molecule has 1 aliphatic rings. The fourth-order valence-corrected chi connectivity index (χ4v) is 2.41. The number of hydrogen-bond donors (Lipinski definition) is 1. The Morgan fingerprint density at radius 1 is 1.37 bits per heavy atom. The van der Waals surface area contributed by atoms with Crippen LogP contribution in [-0.4, -0.2) is 69.2 Å². The Kier molecular flexibility index (Phi) is 8.02. The Morgan fingerprint density at radius 2 is 2.16 bits per heavy atom. The van der Waals surface area contributed by atoms with E-state index < -0.39 is 0 Å². The maximum Gasteiger partial charge on any atom is 0.223 e. The van der Waals surface area contributed by atoms with E-state index in [-0.39, 0.29) is 5.91 Å². The first-order valence-corrected chi connectivity index (χ1v) is 7.33. The van der Waals surface area contributed by atoms with E-state index in [9.17, 15) is 4.79 Å². The molecular formula is C14H29N3O2. The van der Waals surface area contributed by atoms with Crippen molar-refractivity contribution in [3.63, 3.8) is 0 Å². The molecule has 19 heavy (non-hydrogen) atoms. The smallest absolute Gasteiger partial charge is 0.223 e. The summed E-state index contributed by atoms with van der Waals surface area (Å²) >= 11 is 0. The zero-order valence-electron chi connectivity index (χ0n) is 12.4. The summed E-state index contributed by atoms with van der Waals surface area (Å²) in [6.07, 6.45) is 3.87. The standard InChI is InChI=1S/C14H29N3O2/c1-16(11-13-5-3-10-19-12-13)9-6-14(18)17(2)8-4-7-15/h13H,3-12,15H2,1-2H3. The van der Waals surface area contributed by atoms with E-state index in [4.69, 9.17) is 10.5 Å². The van der Waals surface area contributed by atoms with Crippen molar-refractivity contribution >= 4 is 5.91 Å². The summed E-state index contributed by atoms with van der Waals surface area (Å²) in [6.45, 7) is 5.02. The lowest BCUT2D eigenvalue weighted by molar-refractivity contribution is -0.130. The third-order valence-electron chi connectivity index (χ3n) is 3.66. The van der Waals surface area contributed by atoms with Crippen molar-refractivity contribution in [1.29, 1.82) is 0 Å². The molecular weight excluding hydrogens is 242 g/mol. The third-order valence-corrected chi connectivity index (χ3v) is 3.66. The lowest BCUT2D eigenvalue weighted by atomic mass is 10.0. The summed E-state index contributed by atoms with van der Waals surface area (Å²) in [6, 6.07) is 0. The Labute approximate surface area is 117 Å². The van der Waals surface area contributed by atoms with Gasteiger partial charge in [0.2, 0.25) is 5.91 Å². The fraction of sp³-hybridized carbons (Fsp3) is 0.929. The molecule has 1 unspecified atom stereocenters. The first-order chi connectivity index (χ1) is 9.13. The summed E-state index contributed by atoms with van der Waals surface area (Å²) in [7, 11) is 3.94. The first-order valence-electron chi connectivity index (χ1n) is 7.33. The molecule has 0 aromatic carbocycles. The molecule has 0 spiro atoms. The van der Waals surface area contributed by atoms with E-state index in [0.717, 1.165) is 39.3 Å². The minimum atomic E-state index is 0.209. The van der Waals surface area contributed by atoms with Crippen LogP contribution in [0.4, 0.5) is 0 Å². The molecule has 1 atom stereocenters. The summed E-state index contributed by atoms with van der Waals surface area (Å²) in [5.41, 5.74) is 5.45. The van der Waals surface area contributed by atoms with Crippen molar-refractivity contribution in [3.8, 4) is 0 Å². The average molecular weight is 271 g/mol. The van der Waals surface area contributed by atoms with Crippen LogP contribution in [0.5, 0.6) is 0 Å². The Morgan fingerprint density at radius 3 is 2.79 bits per heavy atom. The summed E-state index contributed by atoms with van der Waals surface area (Å²) in [5, 5.41) is 0. The minimum Gasteiger partial charge on any atom is -0.381 e. The number of amides is 1. The second-order valence-electron chi connectivity index (χ2n) is 5.55. The number of rotatable bonds is 8. The van der Waals surface area contributed by atoms with Gasteiger partial charge < -0.3 is 20.3 Å². The van der Waals surface area contributed by atoms with Gasteiger partial charge in [-0.1, -0.05) is 0 Å². The zero-order valence-corrected chi connectivity index (χ0v) is 12.4. The van der Waals surface area contributed by atoms with Crippen LogP contribution in [0.3, 0.4) is 0 Å². The van der Waals surface area contributed by atoms with E-state index in [0.29, 0.717) is 18.9 Å². The van der Waals surface area contributed by atoms with E-state index in [1.165, 1.54) is 12.8 Å². The number of nitrogens with zero attached hydrogens (tertiary/aromatic N) is 2. The van der Waals surface area contributed by atoms with Crippen molar-refractivity contribution in [1.82, 2.24) is 9.80 Å². The second-order valence-corrected chi connectivity index (χ2v) is 5.55. The number of carbonyl (C=O) groups excluding carboxylic acids is 1. The Balaban J connectivity index is 2.14. The first kappa shape index (κ1) is 16.4.